The number of nitrogens with one attached hydrogen (secondary N) is 1. The Labute approximate surface area is 145 Å². The third kappa shape index (κ3) is 4.10. The summed E-state index contributed by atoms with van der Waals surface area (Å²) in [4.78, 5) is 14.9. The molecule has 0 aliphatic heterocycles. The maximum absolute atomic E-state index is 10.8. The number of fused-ring (bicyclic) bond motifs is 1. The molecule has 0 aliphatic carbocycles. The predicted molar refractivity (Wildman–Crippen MR) is 97.6 cm³/mol. The summed E-state index contributed by atoms with van der Waals surface area (Å²) >= 11 is 0. The van der Waals surface area contributed by atoms with E-state index in [0.717, 1.165) is 5.56 Å². The second-order valence-electron chi connectivity index (χ2n) is 6.02. The molecule has 1 heterocycles. The molecule has 2 N–H and O–H groups in total. The molecule has 3 aromatic rings. The molecule has 2 atom stereocenters. The van der Waals surface area contributed by atoms with E-state index >= 15 is 0 Å². The van der Waals surface area contributed by atoms with Gasteiger partial charge >= 0.3 is 0 Å². The van der Waals surface area contributed by atoms with Gasteiger partial charge in [-0.25, -0.2) is 4.98 Å². The second kappa shape index (κ2) is 7.27. The summed E-state index contributed by atoms with van der Waals surface area (Å²) in [7, 11) is 0. The highest BCUT2D eigenvalue weighted by molar-refractivity contribution is 5.82. The number of aromatic nitrogens is 1. The van der Waals surface area contributed by atoms with Crippen LogP contribution in [0.5, 0.6) is 0 Å². The summed E-state index contributed by atoms with van der Waals surface area (Å²) in [5.74, 6) is 0.626. The van der Waals surface area contributed by atoms with Crippen LogP contribution in [0, 0.1) is 10.1 Å². The van der Waals surface area contributed by atoms with E-state index in [9.17, 15) is 15.2 Å². The van der Waals surface area contributed by atoms with Crippen molar-refractivity contribution in [3.8, 4) is 0 Å². The number of rotatable bonds is 6. The van der Waals surface area contributed by atoms with Gasteiger partial charge in [0, 0.05) is 23.9 Å². The molecule has 6 nitrogen and oxygen atoms in total. The molecule has 0 bridgehead atoms. The summed E-state index contributed by atoms with van der Waals surface area (Å²) in [6, 6.07) is 17.7. The lowest BCUT2D eigenvalue weighted by molar-refractivity contribution is -0.384. The standard InChI is InChI=1S/C19H19N3O3/c1-13(18(23)11-14-5-3-2-4-6-14)20-19-10-7-15-12-16(22(24)25)8-9-17(15)21-19/h2-10,12-13,18,23H,11H2,1H3,(H,20,21). The highest BCUT2D eigenvalue weighted by Crippen LogP contribution is 2.21. The van der Waals surface area contributed by atoms with E-state index in [-0.39, 0.29) is 11.7 Å². The predicted octanol–water partition coefficient (Wildman–Crippen LogP) is 3.55. The number of anilines is 1. The molecule has 6 heteroatoms. The van der Waals surface area contributed by atoms with E-state index in [2.05, 4.69) is 10.3 Å². The highest BCUT2D eigenvalue weighted by atomic mass is 16.6. The first kappa shape index (κ1) is 16.9. The van der Waals surface area contributed by atoms with Crippen LogP contribution in [0.15, 0.2) is 60.7 Å². The Morgan fingerprint density at radius 1 is 1.16 bits per heavy atom. The summed E-state index contributed by atoms with van der Waals surface area (Å²) in [6.45, 7) is 1.90. The Morgan fingerprint density at radius 3 is 2.64 bits per heavy atom. The van der Waals surface area contributed by atoms with Crippen molar-refractivity contribution in [2.24, 2.45) is 0 Å². The van der Waals surface area contributed by atoms with Gasteiger partial charge in [-0.1, -0.05) is 30.3 Å². The molecule has 0 amide bonds. The molecule has 2 unspecified atom stereocenters. The number of hydrogen-bond donors (Lipinski definition) is 2. The van der Waals surface area contributed by atoms with Crippen molar-refractivity contribution in [1.82, 2.24) is 4.98 Å². The van der Waals surface area contributed by atoms with Crippen molar-refractivity contribution < 1.29 is 10.0 Å². The Hall–Kier alpha value is -2.99. The smallest absolute Gasteiger partial charge is 0.270 e. The van der Waals surface area contributed by atoms with E-state index in [1.54, 1.807) is 18.2 Å². The van der Waals surface area contributed by atoms with E-state index in [1.807, 2.05) is 37.3 Å². The van der Waals surface area contributed by atoms with E-state index in [0.29, 0.717) is 23.1 Å². The van der Waals surface area contributed by atoms with Gasteiger partial charge in [0.1, 0.15) is 5.82 Å². The minimum atomic E-state index is -0.559. The molecule has 1 aromatic heterocycles. The average molecular weight is 337 g/mol. The van der Waals surface area contributed by atoms with Crippen LogP contribution in [0.3, 0.4) is 0 Å². The largest absolute Gasteiger partial charge is 0.391 e. The van der Waals surface area contributed by atoms with Crippen LogP contribution in [0.1, 0.15) is 12.5 Å². The number of pyridine rings is 1. The zero-order valence-electron chi connectivity index (χ0n) is 13.8. The fourth-order valence-corrected chi connectivity index (χ4v) is 2.67. The first-order valence-corrected chi connectivity index (χ1v) is 8.06. The van der Waals surface area contributed by atoms with Crippen LogP contribution >= 0.6 is 0 Å². The summed E-state index contributed by atoms with van der Waals surface area (Å²) in [5.41, 5.74) is 1.78. The Morgan fingerprint density at radius 2 is 1.92 bits per heavy atom. The van der Waals surface area contributed by atoms with Crippen molar-refractivity contribution in [2.45, 2.75) is 25.5 Å². The summed E-state index contributed by atoms with van der Waals surface area (Å²) < 4.78 is 0. The minimum Gasteiger partial charge on any atom is -0.391 e. The van der Waals surface area contributed by atoms with Gasteiger partial charge in [-0.2, -0.15) is 0 Å². The van der Waals surface area contributed by atoms with Gasteiger partial charge in [0.15, 0.2) is 0 Å². The van der Waals surface area contributed by atoms with E-state index in [1.165, 1.54) is 12.1 Å². The molecular weight excluding hydrogens is 318 g/mol. The molecule has 0 saturated carbocycles. The monoisotopic (exact) mass is 337 g/mol. The molecule has 0 fully saturated rings. The van der Waals surface area contributed by atoms with E-state index < -0.39 is 11.0 Å². The van der Waals surface area contributed by atoms with E-state index in [4.69, 9.17) is 0 Å². The fourth-order valence-electron chi connectivity index (χ4n) is 2.67. The lowest BCUT2D eigenvalue weighted by Crippen LogP contribution is -2.32. The Balaban J connectivity index is 1.71. The number of aliphatic hydroxyl groups excluding tert-OH is 1. The molecule has 0 saturated heterocycles. The van der Waals surface area contributed by atoms with Crippen LogP contribution in [0.25, 0.3) is 10.9 Å². The van der Waals surface area contributed by atoms with Gasteiger partial charge in [0.25, 0.3) is 5.69 Å². The van der Waals surface area contributed by atoms with Crippen LogP contribution in [0.4, 0.5) is 11.5 Å². The van der Waals surface area contributed by atoms with Gasteiger partial charge in [0.2, 0.25) is 0 Å². The number of benzene rings is 2. The van der Waals surface area contributed by atoms with Gasteiger partial charge in [-0.05, 0) is 30.7 Å². The highest BCUT2D eigenvalue weighted by Gasteiger charge is 2.15. The first-order valence-electron chi connectivity index (χ1n) is 8.06. The van der Waals surface area contributed by atoms with Gasteiger partial charge in [-0.15, -0.1) is 0 Å². The molecule has 0 radical (unpaired) electrons. The average Bonchev–Trinajstić information content (AvgIpc) is 2.62. The zero-order chi connectivity index (χ0) is 17.8. The number of nitro groups is 1. The third-order valence-corrected chi connectivity index (χ3v) is 4.12. The number of aliphatic hydroxyl groups is 1. The molecule has 128 valence electrons. The molecule has 2 aromatic carbocycles. The lowest BCUT2D eigenvalue weighted by atomic mass is 10.0. The van der Waals surface area contributed by atoms with Gasteiger partial charge < -0.3 is 10.4 Å². The molecule has 3 rings (SSSR count). The normalized spacial score (nSPS) is 13.4. The summed E-state index contributed by atoms with van der Waals surface area (Å²) in [6.07, 6.45) is -0.00818. The van der Waals surface area contributed by atoms with Gasteiger partial charge in [-0.3, -0.25) is 10.1 Å². The Kier molecular flexibility index (Phi) is 4.90. The van der Waals surface area contributed by atoms with Gasteiger partial charge in [0.05, 0.1) is 22.6 Å². The van der Waals surface area contributed by atoms with Crippen molar-refractivity contribution in [1.29, 1.82) is 0 Å². The molecular formula is C19H19N3O3. The Bertz CT molecular complexity index is 883. The van der Waals surface area contributed by atoms with Crippen LogP contribution in [-0.2, 0) is 6.42 Å². The van der Waals surface area contributed by atoms with Crippen molar-refractivity contribution >= 4 is 22.4 Å². The fraction of sp³-hybridized carbons (Fsp3) is 0.211. The quantitative estimate of drug-likeness (QED) is 0.530. The number of nitro benzene ring substituents is 1. The maximum Gasteiger partial charge on any atom is 0.270 e. The van der Waals surface area contributed by atoms with Crippen LogP contribution in [0.2, 0.25) is 0 Å². The lowest BCUT2D eigenvalue weighted by Gasteiger charge is -2.21. The minimum absolute atomic E-state index is 0.0432. The van der Waals surface area contributed by atoms with Crippen LogP contribution < -0.4 is 5.32 Å². The molecule has 25 heavy (non-hydrogen) atoms. The topological polar surface area (TPSA) is 88.3 Å². The maximum atomic E-state index is 10.8. The number of nitrogens with zero attached hydrogens (tertiary/aromatic N) is 2. The molecule has 0 aliphatic rings. The first-order chi connectivity index (χ1) is 12.0. The van der Waals surface area contributed by atoms with Crippen LogP contribution in [-0.4, -0.2) is 27.2 Å². The molecule has 0 spiro atoms. The number of hydrogen-bond acceptors (Lipinski definition) is 5. The second-order valence-corrected chi connectivity index (χ2v) is 6.02. The third-order valence-electron chi connectivity index (χ3n) is 4.12. The zero-order valence-corrected chi connectivity index (χ0v) is 13.8. The van der Waals surface area contributed by atoms with Crippen molar-refractivity contribution in [2.75, 3.05) is 5.32 Å². The number of non-ortho nitro benzene ring substituents is 1. The van der Waals surface area contributed by atoms with Crippen molar-refractivity contribution in [3.05, 3.63) is 76.3 Å². The SMILES string of the molecule is CC(Nc1ccc2cc([N+](=O)[O-])ccc2n1)C(O)Cc1ccccc1. The summed E-state index contributed by atoms with van der Waals surface area (Å²) in [5, 5.41) is 25.1. The van der Waals surface area contributed by atoms with Crippen molar-refractivity contribution in [3.63, 3.8) is 0 Å².